The van der Waals surface area contributed by atoms with Crippen molar-refractivity contribution in [3.63, 3.8) is 0 Å². The molecule has 130 valence electrons. The van der Waals surface area contributed by atoms with E-state index in [0.717, 1.165) is 75.3 Å². The molecule has 0 radical (unpaired) electrons. The van der Waals surface area contributed by atoms with Crippen molar-refractivity contribution in [3.8, 4) is 17.2 Å². The summed E-state index contributed by atoms with van der Waals surface area (Å²) in [4.78, 5) is 0. The van der Waals surface area contributed by atoms with Crippen molar-refractivity contribution < 1.29 is 14.2 Å². The highest BCUT2D eigenvalue weighted by Crippen LogP contribution is 2.39. The molecule has 0 unspecified atom stereocenters. The van der Waals surface area contributed by atoms with E-state index in [1.807, 2.05) is 0 Å². The molecule has 0 spiro atoms. The Balaban J connectivity index is 2.97. The van der Waals surface area contributed by atoms with Crippen LogP contribution in [0, 0.1) is 0 Å². The number of benzene rings is 1. The Morgan fingerprint density at radius 1 is 0.739 bits per heavy atom. The van der Waals surface area contributed by atoms with Crippen molar-refractivity contribution in [2.45, 2.75) is 65.6 Å². The van der Waals surface area contributed by atoms with Gasteiger partial charge in [0.25, 0.3) is 0 Å². The Hall–Kier alpha value is -1.32. The second-order valence-corrected chi connectivity index (χ2v) is 5.88. The fourth-order valence-corrected chi connectivity index (χ4v) is 2.16. The van der Waals surface area contributed by atoms with Crippen LogP contribution in [-0.4, -0.2) is 27.7 Å². The molecule has 0 heterocycles. The lowest BCUT2D eigenvalue weighted by Gasteiger charge is -2.18. The molecule has 0 amide bonds. The maximum atomic E-state index is 6.02. The quantitative estimate of drug-likeness (QED) is 0.399. The highest BCUT2D eigenvalue weighted by atomic mass is 16.5. The average molecular weight is 320 g/mol. The first-order valence-electron chi connectivity index (χ1n) is 9.32. The predicted molar refractivity (Wildman–Crippen MR) is 99.9 cm³/mol. The number of rotatable bonds is 13. The smallest absolute Gasteiger partial charge is 0.203 e. The van der Waals surface area contributed by atoms with Crippen LogP contribution in [0.15, 0.2) is 12.1 Å². The second-order valence-electron chi connectivity index (χ2n) is 5.88. The Labute approximate surface area is 143 Å². The molecule has 0 aliphatic rings. The summed E-state index contributed by atoms with van der Waals surface area (Å²) < 4.78 is 18.0. The Bertz CT molecular complexity index is 404. The van der Waals surface area contributed by atoms with Gasteiger partial charge in [-0.25, -0.2) is 0 Å². The van der Waals surface area contributed by atoms with Gasteiger partial charge in [-0.15, -0.1) is 0 Å². The highest BCUT2D eigenvalue weighted by Gasteiger charge is 2.15. The molecule has 0 saturated heterocycles. The molecular formula is C19H33BO3. The van der Waals surface area contributed by atoms with E-state index in [1.165, 1.54) is 5.56 Å². The van der Waals surface area contributed by atoms with Crippen LogP contribution < -0.4 is 14.2 Å². The Morgan fingerprint density at radius 2 is 1.17 bits per heavy atom. The maximum absolute atomic E-state index is 6.02. The lowest BCUT2D eigenvalue weighted by molar-refractivity contribution is 0.237. The van der Waals surface area contributed by atoms with Crippen molar-refractivity contribution in [1.82, 2.24) is 0 Å². The summed E-state index contributed by atoms with van der Waals surface area (Å²) in [6.45, 7) is 8.66. The summed E-state index contributed by atoms with van der Waals surface area (Å²) in [7, 11) is 2.15. The Kier molecular flexibility index (Phi) is 10.4. The maximum Gasteiger partial charge on any atom is 0.203 e. The van der Waals surface area contributed by atoms with Crippen LogP contribution in [0.2, 0.25) is 0 Å². The van der Waals surface area contributed by atoms with Gasteiger partial charge in [0.1, 0.15) is 7.85 Å². The van der Waals surface area contributed by atoms with E-state index in [9.17, 15) is 0 Å². The largest absolute Gasteiger partial charge is 0.490 e. The van der Waals surface area contributed by atoms with Gasteiger partial charge < -0.3 is 14.2 Å². The molecule has 3 nitrogen and oxygen atoms in total. The average Bonchev–Trinajstić information content (AvgIpc) is 2.57. The van der Waals surface area contributed by atoms with E-state index in [1.54, 1.807) is 0 Å². The first-order chi connectivity index (χ1) is 11.3. The molecule has 0 bridgehead atoms. The molecule has 0 N–H and O–H groups in total. The zero-order valence-electron chi connectivity index (χ0n) is 15.5. The summed E-state index contributed by atoms with van der Waals surface area (Å²) in [6.07, 6.45) is 7.47. The van der Waals surface area contributed by atoms with Crippen molar-refractivity contribution >= 4 is 7.85 Å². The molecule has 0 aromatic heterocycles. The molecule has 23 heavy (non-hydrogen) atoms. The van der Waals surface area contributed by atoms with Gasteiger partial charge in [0, 0.05) is 0 Å². The summed E-state index contributed by atoms with van der Waals surface area (Å²) in [6, 6.07) is 4.20. The van der Waals surface area contributed by atoms with E-state index in [0.29, 0.717) is 6.61 Å². The minimum atomic E-state index is 0.705. The number of hydrogen-bond acceptors (Lipinski definition) is 3. The summed E-state index contributed by atoms with van der Waals surface area (Å²) in [5.74, 6) is 2.45. The van der Waals surface area contributed by atoms with Crippen LogP contribution >= 0.6 is 0 Å². The van der Waals surface area contributed by atoms with Gasteiger partial charge in [-0.1, -0.05) is 46.4 Å². The van der Waals surface area contributed by atoms with Crippen molar-refractivity contribution in [2.75, 3.05) is 19.8 Å². The summed E-state index contributed by atoms with van der Waals surface area (Å²) in [5, 5.41) is 0. The van der Waals surface area contributed by atoms with Crippen LogP contribution in [0.4, 0.5) is 0 Å². The first-order valence-corrected chi connectivity index (χ1v) is 9.32. The molecule has 0 aliphatic heterocycles. The Morgan fingerprint density at radius 3 is 1.57 bits per heavy atom. The third kappa shape index (κ3) is 7.19. The van der Waals surface area contributed by atoms with Crippen LogP contribution in [0.25, 0.3) is 0 Å². The van der Waals surface area contributed by atoms with Gasteiger partial charge in [-0.3, -0.25) is 0 Å². The molecule has 4 heteroatoms. The number of hydrogen-bond donors (Lipinski definition) is 0. The number of unbranched alkanes of at least 4 members (excludes halogenated alkanes) is 3. The van der Waals surface area contributed by atoms with E-state index in [2.05, 4.69) is 40.8 Å². The molecule has 1 aromatic rings. The second kappa shape index (κ2) is 12.1. The zero-order chi connectivity index (χ0) is 16.9. The van der Waals surface area contributed by atoms with Gasteiger partial charge in [0.15, 0.2) is 11.5 Å². The van der Waals surface area contributed by atoms with Gasteiger partial charge in [0.05, 0.1) is 19.8 Å². The van der Waals surface area contributed by atoms with Gasteiger partial charge in [0.2, 0.25) is 5.75 Å². The van der Waals surface area contributed by atoms with Gasteiger partial charge >= 0.3 is 0 Å². The minimum Gasteiger partial charge on any atom is -0.490 e. The first kappa shape index (κ1) is 19.7. The van der Waals surface area contributed by atoms with Gasteiger partial charge in [-0.05, 0) is 37.0 Å². The van der Waals surface area contributed by atoms with Crippen molar-refractivity contribution in [3.05, 3.63) is 17.7 Å². The monoisotopic (exact) mass is 320 g/mol. The third-order valence-corrected chi connectivity index (χ3v) is 3.74. The number of ether oxygens (including phenoxy) is 3. The van der Waals surface area contributed by atoms with Crippen molar-refractivity contribution in [2.24, 2.45) is 0 Å². The third-order valence-electron chi connectivity index (χ3n) is 3.74. The van der Waals surface area contributed by atoms with Crippen LogP contribution in [0.1, 0.15) is 64.9 Å². The highest BCUT2D eigenvalue weighted by molar-refractivity contribution is 6.08. The van der Waals surface area contributed by atoms with E-state index < -0.39 is 0 Å². The summed E-state index contributed by atoms with van der Waals surface area (Å²) >= 11 is 0. The molecule has 1 aromatic carbocycles. The molecule has 0 atom stereocenters. The fourth-order valence-electron chi connectivity index (χ4n) is 2.16. The van der Waals surface area contributed by atoms with Gasteiger partial charge in [-0.2, -0.15) is 0 Å². The molecule has 0 saturated carbocycles. The molecule has 0 aliphatic carbocycles. The van der Waals surface area contributed by atoms with E-state index >= 15 is 0 Å². The molecule has 0 fully saturated rings. The minimum absolute atomic E-state index is 0.705. The van der Waals surface area contributed by atoms with Crippen LogP contribution in [0.3, 0.4) is 0 Å². The normalized spacial score (nSPS) is 10.6. The van der Waals surface area contributed by atoms with Crippen molar-refractivity contribution in [1.29, 1.82) is 0 Å². The summed E-state index contributed by atoms with van der Waals surface area (Å²) in [5.41, 5.74) is 1.23. The van der Waals surface area contributed by atoms with Crippen LogP contribution in [-0.2, 0) is 6.32 Å². The lowest BCUT2D eigenvalue weighted by atomic mass is 9.96. The predicted octanol–water partition coefficient (Wildman–Crippen LogP) is 4.36. The molecular weight excluding hydrogens is 287 g/mol. The van der Waals surface area contributed by atoms with Crippen LogP contribution in [0.5, 0.6) is 17.2 Å². The SMILES string of the molecule is BCc1cc(OCCCC)c(OCCCC)c(OCCCC)c1. The van der Waals surface area contributed by atoms with E-state index in [4.69, 9.17) is 14.2 Å². The zero-order valence-corrected chi connectivity index (χ0v) is 15.5. The van der Waals surface area contributed by atoms with E-state index in [-0.39, 0.29) is 0 Å². The lowest BCUT2D eigenvalue weighted by Crippen LogP contribution is -2.06. The molecule has 1 rings (SSSR count). The fraction of sp³-hybridized carbons (Fsp3) is 0.684. The standard InChI is InChI=1S/C19H33BO3/c1-4-7-10-21-17-13-16(15-20)14-18(22-11-8-5-2)19(17)23-12-9-6-3/h13-14H,4-12,15,20H2,1-3H3. The topological polar surface area (TPSA) is 27.7 Å².